The quantitative estimate of drug-likeness (QED) is 0.221. The molecule has 0 aliphatic heterocycles. The van der Waals surface area contributed by atoms with E-state index in [0.29, 0.717) is 0 Å². The Hall–Kier alpha value is -3.77. The number of rotatable bonds is 7. The van der Waals surface area contributed by atoms with Gasteiger partial charge in [-0.2, -0.15) is 5.26 Å². The summed E-state index contributed by atoms with van der Waals surface area (Å²) < 4.78 is 10.6. The van der Waals surface area contributed by atoms with Gasteiger partial charge in [0, 0.05) is 10.8 Å². The first kappa shape index (κ1) is 34.3. The van der Waals surface area contributed by atoms with Crippen molar-refractivity contribution in [1.29, 1.82) is 5.26 Å². The Morgan fingerprint density at radius 2 is 1.38 bits per heavy atom. The van der Waals surface area contributed by atoms with Crippen LogP contribution in [0.25, 0.3) is 0 Å². The van der Waals surface area contributed by atoms with Gasteiger partial charge in [-0.1, -0.05) is 114 Å². The minimum absolute atomic E-state index is 0.0729. The highest BCUT2D eigenvalue weighted by atomic mass is 16.5. The van der Waals surface area contributed by atoms with E-state index < -0.39 is 0 Å². The summed E-state index contributed by atoms with van der Waals surface area (Å²) in [6.07, 6.45) is 5.43. The predicted molar refractivity (Wildman–Crippen MR) is 171 cm³/mol. The number of nitriles is 1. The molecule has 0 aliphatic carbocycles. The Morgan fingerprint density at radius 3 is 1.88 bits per heavy atom. The monoisotopic (exact) mass is 539 g/mol. The Labute approximate surface area is 244 Å². The summed E-state index contributed by atoms with van der Waals surface area (Å²) in [4.78, 5) is 0. The molecule has 0 saturated heterocycles. The molecule has 0 unspecified atom stereocenters. The summed E-state index contributed by atoms with van der Waals surface area (Å²) in [5, 5.41) is 8.47. The molecule has 0 spiro atoms. The number of methoxy groups -OCH3 is 2. The molecular formula is C37H49NO2. The van der Waals surface area contributed by atoms with Crippen LogP contribution in [0.4, 0.5) is 0 Å². The molecule has 3 aromatic carbocycles. The molecule has 0 radical (unpaired) electrons. The van der Waals surface area contributed by atoms with Crippen LogP contribution in [-0.2, 0) is 15.6 Å². The number of hydrogen-bond acceptors (Lipinski definition) is 3. The average molecular weight is 540 g/mol. The van der Waals surface area contributed by atoms with E-state index in [1.54, 1.807) is 14.2 Å². The van der Waals surface area contributed by atoms with Crippen LogP contribution < -0.4 is 4.74 Å². The molecule has 0 N–H and O–H groups in total. The Kier molecular flexibility index (Phi) is 14.0. The standard InChI is InChI=1S/C26H34O2.C8H7N.C3H8/c1-19(12-13-20(2)27-7)25(3,4)22-10-9-11-23(18-22)26(5,6)21-14-16-24(28-8)17-15-21;1-7-4-2-3-5-8(7)6-9;1-3-2/h9-18H,1-8H3;2-5H,1H3;3H2,1-2H3/b19-12+,20-13+;;. The van der Waals surface area contributed by atoms with Crippen molar-refractivity contribution in [3.05, 3.63) is 124 Å². The third-order valence-corrected chi connectivity index (χ3v) is 7.26. The first-order valence-corrected chi connectivity index (χ1v) is 14.0. The van der Waals surface area contributed by atoms with Crippen molar-refractivity contribution in [2.45, 2.75) is 79.6 Å². The van der Waals surface area contributed by atoms with Crippen LogP contribution in [0.1, 0.15) is 89.6 Å². The summed E-state index contributed by atoms with van der Waals surface area (Å²) >= 11 is 0. The van der Waals surface area contributed by atoms with Crippen LogP contribution in [0.3, 0.4) is 0 Å². The molecule has 0 aliphatic rings. The molecule has 0 atom stereocenters. The van der Waals surface area contributed by atoms with Gasteiger partial charge in [-0.25, -0.2) is 0 Å². The highest BCUT2D eigenvalue weighted by molar-refractivity contribution is 5.44. The predicted octanol–water partition coefficient (Wildman–Crippen LogP) is 10.1. The van der Waals surface area contributed by atoms with E-state index in [1.165, 1.54) is 28.7 Å². The number of nitrogens with zero attached hydrogens (tertiary/aromatic N) is 1. The average Bonchev–Trinajstić information content (AvgIpc) is 2.96. The molecule has 0 aromatic heterocycles. The van der Waals surface area contributed by atoms with Gasteiger partial charge in [-0.3, -0.25) is 0 Å². The van der Waals surface area contributed by atoms with Crippen LogP contribution in [0.2, 0.25) is 0 Å². The molecular weight excluding hydrogens is 490 g/mol. The second-order valence-electron chi connectivity index (χ2n) is 11.0. The molecule has 40 heavy (non-hydrogen) atoms. The lowest BCUT2D eigenvalue weighted by molar-refractivity contribution is 0.293. The van der Waals surface area contributed by atoms with Crippen molar-refractivity contribution >= 4 is 0 Å². The SMILES string of the molecule is CCC.CO/C(C)=C/C=C(\C)C(C)(C)c1cccc(C(C)(C)c2ccc(OC)cc2)c1.Cc1ccccc1C#N. The zero-order valence-electron chi connectivity index (χ0n) is 26.6. The van der Waals surface area contributed by atoms with Gasteiger partial charge in [0.2, 0.25) is 0 Å². The van der Waals surface area contributed by atoms with E-state index >= 15 is 0 Å². The third kappa shape index (κ3) is 9.76. The minimum atomic E-state index is -0.0947. The van der Waals surface area contributed by atoms with Gasteiger partial charge in [0.05, 0.1) is 31.6 Å². The summed E-state index contributed by atoms with van der Waals surface area (Å²) in [5.74, 6) is 1.79. The first-order chi connectivity index (χ1) is 18.9. The van der Waals surface area contributed by atoms with Gasteiger partial charge in [-0.15, -0.1) is 0 Å². The molecule has 0 saturated carbocycles. The normalized spacial score (nSPS) is 11.8. The number of ether oxygens (including phenoxy) is 2. The maximum atomic E-state index is 8.47. The fourth-order valence-electron chi connectivity index (χ4n) is 3.92. The van der Waals surface area contributed by atoms with E-state index in [0.717, 1.165) is 22.6 Å². The van der Waals surface area contributed by atoms with Gasteiger partial charge >= 0.3 is 0 Å². The molecule has 3 nitrogen and oxygen atoms in total. The van der Waals surface area contributed by atoms with E-state index in [9.17, 15) is 0 Å². The largest absolute Gasteiger partial charge is 0.501 e. The molecule has 0 amide bonds. The van der Waals surface area contributed by atoms with Crippen LogP contribution in [0, 0.1) is 18.3 Å². The van der Waals surface area contributed by atoms with E-state index in [1.807, 2.05) is 56.3 Å². The molecule has 0 heterocycles. The van der Waals surface area contributed by atoms with Gasteiger partial charge in [0.1, 0.15) is 5.75 Å². The summed E-state index contributed by atoms with van der Waals surface area (Å²) in [7, 11) is 3.40. The van der Waals surface area contributed by atoms with Crippen LogP contribution in [0.5, 0.6) is 5.75 Å². The number of allylic oxidation sites excluding steroid dienone is 4. The topological polar surface area (TPSA) is 42.2 Å². The highest BCUT2D eigenvalue weighted by Crippen LogP contribution is 2.37. The Morgan fingerprint density at radius 1 is 0.800 bits per heavy atom. The second kappa shape index (κ2) is 16.4. The van der Waals surface area contributed by atoms with Crippen LogP contribution >= 0.6 is 0 Å². The summed E-state index contributed by atoms with van der Waals surface area (Å²) in [6.45, 7) is 19.4. The van der Waals surface area contributed by atoms with Crippen molar-refractivity contribution in [1.82, 2.24) is 0 Å². The van der Waals surface area contributed by atoms with Crippen LogP contribution in [0.15, 0.2) is 96.3 Å². The van der Waals surface area contributed by atoms with Crippen molar-refractivity contribution < 1.29 is 9.47 Å². The molecule has 3 heteroatoms. The van der Waals surface area contributed by atoms with Crippen molar-refractivity contribution in [2.75, 3.05) is 14.2 Å². The molecule has 214 valence electrons. The Balaban J connectivity index is 0.000000552. The van der Waals surface area contributed by atoms with E-state index in [4.69, 9.17) is 14.7 Å². The third-order valence-electron chi connectivity index (χ3n) is 7.26. The molecule has 0 fully saturated rings. The zero-order valence-corrected chi connectivity index (χ0v) is 26.6. The van der Waals surface area contributed by atoms with E-state index in [-0.39, 0.29) is 10.8 Å². The van der Waals surface area contributed by atoms with Crippen molar-refractivity contribution in [3.8, 4) is 11.8 Å². The summed E-state index contributed by atoms with van der Waals surface area (Å²) in [5.41, 5.74) is 6.82. The minimum Gasteiger partial charge on any atom is -0.501 e. The fraction of sp³-hybridized carbons (Fsp3) is 0.378. The number of benzene rings is 3. The second-order valence-corrected chi connectivity index (χ2v) is 11.0. The van der Waals surface area contributed by atoms with Gasteiger partial charge in [0.15, 0.2) is 0 Å². The lowest BCUT2D eigenvalue weighted by Crippen LogP contribution is -2.22. The van der Waals surface area contributed by atoms with E-state index in [2.05, 4.69) is 97.0 Å². The molecule has 0 bridgehead atoms. The first-order valence-electron chi connectivity index (χ1n) is 14.0. The zero-order chi connectivity index (χ0) is 30.3. The van der Waals surface area contributed by atoms with Gasteiger partial charge in [-0.05, 0) is 67.3 Å². The Bertz CT molecular complexity index is 1290. The summed E-state index contributed by atoms with van der Waals surface area (Å²) in [6, 6.07) is 26.9. The smallest absolute Gasteiger partial charge is 0.118 e. The number of aryl methyl sites for hydroxylation is 1. The van der Waals surface area contributed by atoms with Crippen molar-refractivity contribution in [3.63, 3.8) is 0 Å². The lowest BCUT2D eigenvalue weighted by atomic mass is 9.73. The molecule has 3 rings (SSSR count). The maximum absolute atomic E-state index is 8.47. The van der Waals surface area contributed by atoms with Crippen LogP contribution in [-0.4, -0.2) is 14.2 Å². The fourth-order valence-corrected chi connectivity index (χ4v) is 3.92. The maximum Gasteiger partial charge on any atom is 0.118 e. The van der Waals surface area contributed by atoms with Crippen molar-refractivity contribution in [2.24, 2.45) is 0 Å². The molecule has 3 aromatic rings. The number of hydrogen-bond donors (Lipinski definition) is 0. The van der Waals surface area contributed by atoms with Gasteiger partial charge in [0.25, 0.3) is 0 Å². The van der Waals surface area contributed by atoms with Gasteiger partial charge < -0.3 is 9.47 Å². The highest BCUT2D eigenvalue weighted by Gasteiger charge is 2.27. The lowest BCUT2D eigenvalue weighted by Gasteiger charge is -2.31.